The van der Waals surface area contributed by atoms with E-state index in [2.05, 4.69) is 19.2 Å². The molecule has 2 aromatic carbocycles. The van der Waals surface area contributed by atoms with Crippen LogP contribution in [0.15, 0.2) is 53.4 Å². The van der Waals surface area contributed by atoms with Gasteiger partial charge in [-0.2, -0.15) is 0 Å². The maximum absolute atomic E-state index is 12.6. The number of amides is 2. The van der Waals surface area contributed by atoms with Gasteiger partial charge in [-0.05, 0) is 47.0 Å². The van der Waals surface area contributed by atoms with E-state index >= 15 is 0 Å². The zero-order chi connectivity index (χ0) is 19.4. The van der Waals surface area contributed by atoms with Gasteiger partial charge in [0, 0.05) is 0 Å². The van der Waals surface area contributed by atoms with Gasteiger partial charge in [0.15, 0.2) is 0 Å². The smallest absolute Gasteiger partial charge is 0.295 e. The molecule has 0 bridgehead atoms. The molecule has 0 spiro atoms. The van der Waals surface area contributed by atoms with Gasteiger partial charge in [0.25, 0.3) is 11.1 Å². The Morgan fingerprint density at radius 3 is 2.48 bits per heavy atom. The predicted molar refractivity (Wildman–Crippen MR) is 110 cm³/mol. The number of nitrogens with zero attached hydrogens (tertiary/aromatic N) is 1. The fraction of sp³-hybridized carbons (Fsp3) is 0.238. The number of carbonyl (C=O) groups is 2. The summed E-state index contributed by atoms with van der Waals surface area (Å²) < 4.78 is 5.27. The van der Waals surface area contributed by atoms with E-state index in [1.54, 1.807) is 13.2 Å². The van der Waals surface area contributed by atoms with Gasteiger partial charge in [-0.1, -0.05) is 50.2 Å². The number of hydrogen-bond donors (Lipinski definition) is 1. The molecule has 0 aromatic heterocycles. The summed E-state index contributed by atoms with van der Waals surface area (Å²) in [5, 5.41) is 2.81. The maximum atomic E-state index is 12.6. The van der Waals surface area contributed by atoms with E-state index in [1.165, 1.54) is 10.5 Å². The number of ether oxygens (including phenoxy) is 1. The van der Waals surface area contributed by atoms with Crippen molar-refractivity contribution in [2.75, 3.05) is 19.1 Å². The largest absolute Gasteiger partial charge is 0.495 e. The van der Waals surface area contributed by atoms with Crippen LogP contribution in [0, 0.1) is 0 Å². The van der Waals surface area contributed by atoms with Crippen LogP contribution < -0.4 is 10.1 Å². The van der Waals surface area contributed by atoms with Gasteiger partial charge in [-0.3, -0.25) is 14.5 Å². The lowest BCUT2D eigenvalue weighted by Gasteiger charge is -2.16. The molecule has 27 heavy (non-hydrogen) atoms. The first kappa shape index (κ1) is 19.0. The summed E-state index contributed by atoms with van der Waals surface area (Å²) in [5.41, 5.74) is 2.87. The van der Waals surface area contributed by atoms with Crippen LogP contribution in [0.3, 0.4) is 0 Å². The van der Waals surface area contributed by atoms with Crippen LogP contribution >= 0.6 is 11.8 Å². The van der Waals surface area contributed by atoms with Crippen LogP contribution in [0.25, 0.3) is 6.08 Å². The molecule has 0 aliphatic carbocycles. The number of rotatable bonds is 6. The number of thioether (sulfide) groups is 1. The lowest BCUT2D eigenvalue weighted by atomic mass is 10.0. The highest BCUT2D eigenvalue weighted by Crippen LogP contribution is 2.33. The quantitative estimate of drug-likeness (QED) is 0.718. The molecule has 1 heterocycles. The Morgan fingerprint density at radius 2 is 1.81 bits per heavy atom. The second kappa shape index (κ2) is 8.31. The molecule has 6 heteroatoms. The normalized spacial score (nSPS) is 15.7. The fourth-order valence-corrected chi connectivity index (χ4v) is 3.56. The Kier molecular flexibility index (Phi) is 5.86. The summed E-state index contributed by atoms with van der Waals surface area (Å²) in [5.74, 6) is 0.818. The average molecular weight is 382 g/mol. The number of hydrogen-bond acceptors (Lipinski definition) is 5. The molecule has 5 nitrogen and oxygen atoms in total. The molecule has 0 unspecified atom stereocenters. The van der Waals surface area contributed by atoms with Gasteiger partial charge in [0.05, 0.1) is 24.4 Å². The maximum Gasteiger partial charge on any atom is 0.295 e. The Balaban J connectivity index is 1.71. The molecule has 0 saturated carbocycles. The third-order valence-corrected chi connectivity index (χ3v) is 5.22. The highest BCUT2D eigenvalue weighted by Gasteiger charge is 2.34. The summed E-state index contributed by atoms with van der Waals surface area (Å²) in [6, 6.07) is 15.4. The van der Waals surface area contributed by atoms with Crippen molar-refractivity contribution in [3.63, 3.8) is 0 Å². The Hall–Kier alpha value is -2.73. The Morgan fingerprint density at radius 1 is 1.11 bits per heavy atom. The van der Waals surface area contributed by atoms with Crippen molar-refractivity contribution in [3.8, 4) is 5.75 Å². The van der Waals surface area contributed by atoms with Crippen molar-refractivity contribution in [2.24, 2.45) is 0 Å². The van der Waals surface area contributed by atoms with Gasteiger partial charge in [-0.25, -0.2) is 0 Å². The van der Waals surface area contributed by atoms with Crippen molar-refractivity contribution in [3.05, 3.63) is 64.6 Å². The molecular formula is C21H22N2O3S. The van der Waals surface area contributed by atoms with E-state index in [9.17, 15) is 9.59 Å². The molecule has 1 fully saturated rings. The zero-order valence-corrected chi connectivity index (χ0v) is 16.4. The van der Waals surface area contributed by atoms with E-state index in [4.69, 9.17) is 4.74 Å². The van der Waals surface area contributed by atoms with Crippen LogP contribution in [-0.2, 0) is 4.79 Å². The first-order chi connectivity index (χ1) is 13.0. The minimum atomic E-state index is -0.291. The van der Waals surface area contributed by atoms with Crippen LogP contribution in [0.1, 0.15) is 30.9 Å². The van der Waals surface area contributed by atoms with Gasteiger partial charge in [0.2, 0.25) is 0 Å². The SMILES string of the molecule is COc1ccccc1NCN1C(=O)S/C(=C\c2ccc(C(C)C)cc2)C1=O. The topological polar surface area (TPSA) is 58.6 Å². The van der Waals surface area contributed by atoms with E-state index in [-0.39, 0.29) is 17.8 Å². The number of benzene rings is 2. The molecule has 1 saturated heterocycles. The summed E-state index contributed by atoms with van der Waals surface area (Å²) in [7, 11) is 1.58. The first-order valence-corrected chi connectivity index (χ1v) is 9.53. The van der Waals surface area contributed by atoms with Crippen LogP contribution in [0.4, 0.5) is 10.5 Å². The van der Waals surface area contributed by atoms with Gasteiger partial charge in [0.1, 0.15) is 5.75 Å². The highest BCUT2D eigenvalue weighted by atomic mass is 32.2. The van der Waals surface area contributed by atoms with Gasteiger partial charge in [-0.15, -0.1) is 0 Å². The number of imide groups is 1. The Labute approximate surface area is 163 Å². The second-order valence-electron chi connectivity index (χ2n) is 6.47. The van der Waals surface area contributed by atoms with E-state index < -0.39 is 0 Å². The summed E-state index contributed by atoms with van der Waals surface area (Å²) in [6.07, 6.45) is 1.76. The van der Waals surface area contributed by atoms with Crippen LogP contribution in [-0.4, -0.2) is 29.8 Å². The van der Waals surface area contributed by atoms with E-state index in [0.29, 0.717) is 16.6 Å². The molecule has 1 N–H and O–H groups in total. The lowest BCUT2D eigenvalue weighted by molar-refractivity contribution is -0.122. The average Bonchev–Trinajstić information content (AvgIpc) is 2.93. The Bertz CT molecular complexity index is 875. The summed E-state index contributed by atoms with van der Waals surface area (Å²) in [6.45, 7) is 4.36. The number of para-hydroxylation sites is 2. The first-order valence-electron chi connectivity index (χ1n) is 8.72. The predicted octanol–water partition coefficient (Wildman–Crippen LogP) is 4.92. The van der Waals surface area contributed by atoms with Crippen molar-refractivity contribution in [1.82, 2.24) is 4.90 Å². The second-order valence-corrected chi connectivity index (χ2v) is 7.46. The van der Waals surface area contributed by atoms with Crippen molar-refractivity contribution in [2.45, 2.75) is 19.8 Å². The van der Waals surface area contributed by atoms with Crippen LogP contribution in [0.5, 0.6) is 5.75 Å². The molecular weight excluding hydrogens is 360 g/mol. The van der Waals surface area contributed by atoms with Gasteiger partial charge >= 0.3 is 0 Å². The highest BCUT2D eigenvalue weighted by molar-refractivity contribution is 8.18. The summed E-state index contributed by atoms with van der Waals surface area (Å²) >= 11 is 0.960. The molecule has 0 radical (unpaired) electrons. The standard InChI is InChI=1S/C21H22N2O3S/c1-14(2)16-10-8-15(9-11-16)12-19-20(24)23(21(25)27-19)13-22-17-6-4-5-7-18(17)26-3/h4-12,14,22H,13H2,1-3H3/b19-12-. The third-order valence-electron chi connectivity index (χ3n) is 4.31. The number of anilines is 1. The zero-order valence-electron chi connectivity index (χ0n) is 15.6. The monoisotopic (exact) mass is 382 g/mol. The van der Waals surface area contributed by atoms with Crippen molar-refractivity contribution in [1.29, 1.82) is 0 Å². The lowest BCUT2D eigenvalue weighted by Crippen LogP contribution is -2.33. The summed E-state index contributed by atoms with van der Waals surface area (Å²) in [4.78, 5) is 26.5. The van der Waals surface area contributed by atoms with Crippen LogP contribution in [0.2, 0.25) is 0 Å². The molecule has 2 amide bonds. The minimum absolute atomic E-state index is 0.0919. The molecule has 1 aliphatic rings. The van der Waals surface area contributed by atoms with E-state index in [1.807, 2.05) is 48.5 Å². The molecule has 3 rings (SSSR count). The molecule has 140 valence electrons. The van der Waals surface area contributed by atoms with Gasteiger partial charge < -0.3 is 10.1 Å². The van der Waals surface area contributed by atoms with E-state index in [0.717, 1.165) is 23.0 Å². The number of carbonyl (C=O) groups excluding carboxylic acids is 2. The number of methoxy groups -OCH3 is 1. The minimum Gasteiger partial charge on any atom is -0.495 e. The molecule has 1 aliphatic heterocycles. The van der Waals surface area contributed by atoms with Crippen molar-refractivity contribution >= 4 is 34.7 Å². The van der Waals surface area contributed by atoms with Crippen molar-refractivity contribution < 1.29 is 14.3 Å². The fourth-order valence-electron chi connectivity index (χ4n) is 2.72. The molecule has 0 atom stereocenters. The number of nitrogens with one attached hydrogen (secondary N) is 1. The third kappa shape index (κ3) is 4.34. The molecule has 2 aromatic rings.